The van der Waals surface area contributed by atoms with Crippen LogP contribution in [0.4, 0.5) is 0 Å². The van der Waals surface area contributed by atoms with Crippen molar-refractivity contribution >= 4 is 19.8 Å². The molecule has 9 nitrogen and oxygen atoms in total. The topological polar surface area (TPSA) is 108 Å². The molecule has 0 spiro atoms. The van der Waals surface area contributed by atoms with Gasteiger partial charge in [-0.3, -0.25) is 18.6 Å². The highest BCUT2D eigenvalue weighted by Crippen LogP contribution is 2.43. The number of hydrogen-bond donors (Lipinski definition) is 1. The highest BCUT2D eigenvalue weighted by Gasteiger charge is 2.27. The first kappa shape index (κ1) is 58.9. The molecule has 0 saturated heterocycles. The number of carbonyl (C=O) groups is 2. The maximum Gasteiger partial charge on any atom is 0.472 e. The summed E-state index contributed by atoms with van der Waals surface area (Å²) >= 11 is 0. The van der Waals surface area contributed by atoms with Gasteiger partial charge in [0.2, 0.25) is 0 Å². The van der Waals surface area contributed by atoms with Gasteiger partial charge in [0.1, 0.15) is 19.8 Å². The SMILES string of the molecule is CCC/C=C/C/C=C/C/C=C/C/C=C/CCCCCC(=O)OC[C@H](COP(=O)(O)OCC[N+](C)(C)C)OC(=O)CCC/C=C/C/C=C/C/C=C/C/C=C/CCCCCCCCC. The summed E-state index contributed by atoms with van der Waals surface area (Å²) in [5.74, 6) is -0.909. The Hall–Kier alpha value is -3.07. The predicted octanol–water partition coefficient (Wildman–Crippen LogP) is 14.1. The van der Waals surface area contributed by atoms with Crippen molar-refractivity contribution in [3.63, 3.8) is 0 Å². The van der Waals surface area contributed by atoms with Crippen LogP contribution in [-0.4, -0.2) is 74.9 Å². The van der Waals surface area contributed by atoms with Crippen molar-refractivity contribution < 1.29 is 42.1 Å². The second-order valence-electron chi connectivity index (χ2n) is 16.8. The number of quaternary nitrogens is 1. The summed E-state index contributed by atoms with van der Waals surface area (Å²) in [4.78, 5) is 35.4. The Morgan fingerprint density at radius 3 is 1.40 bits per heavy atom. The van der Waals surface area contributed by atoms with Crippen LogP contribution in [-0.2, 0) is 32.7 Å². The fourth-order valence-electron chi connectivity index (χ4n) is 5.82. The minimum absolute atomic E-state index is 0.0106. The van der Waals surface area contributed by atoms with E-state index in [0.29, 0.717) is 30.3 Å². The molecule has 0 fully saturated rings. The lowest BCUT2D eigenvalue weighted by Gasteiger charge is -2.24. The number of allylic oxidation sites excluding steroid dienone is 16. The van der Waals surface area contributed by atoms with E-state index in [2.05, 4.69) is 105 Å². The minimum atomic E-state index is -4.41. The fourth-order valence-corrected chi connectivity index (χ4v) is 6.56. The van der Waals surface area contributed by atoms with Crippen LogP contribution in [0.2, 0.25) is 0 Å². The van der Waals surface area contributed by atoms with Gasteiger partial charge in [0.05, 0.1) is 27.7 Å². The summed E-state index contributed by atoms with van der Waals surface area (Å²) in [5, 5.41) is 0. The zero-order valence-electron chi connectivity index (χ0n) is 39.8. The van der Waals surface area contributed by atoms with Crippen molar-refractivity contribution in [1.29, 1.82) is 0 Å². The van der Waals surface area contributed by atoms with Crippen LogP contribution in [0.15, 0.2) is 97.2 Å². The average molecular weight is 887 g/mol. The van der Waals surface area contributed by atoms with Crippen LogP contribution < -0.4 is 0 Å². The van der Waals surface area contributed by atoms with Crippen LogP contribution in [0.5, 0.6) is 0 Å². The molecular formula is C52H89NO8P+. The molecule has 0 radical (unpaired) electrons. The number of hydrogen-bond acceptors (Lipinski definition) is 7. The van der Waals surface area contributed by atoms with Gasteiger partial charge in [0.25, 0.3) is 0 Å². The molecule has 0 bridgehead atoms. The van der Waals surface area contributed by atoms with Crippen molar-refractivity contribution in [3.8, 4) is 0 Å². The number of phosphoric acid groups is 1. The summed E-state index contributed by atoms with van der Waals surface area (Å²) in [5.41, 5.74) is 0. The normalized spacial score (nSPS) is 14.4. The number of esters is 2. The van der Waals surface area contributed by atoms with E-state index in [1.54, 1.807) is 0 Å². The molecule has 0 aliphatic carbocycles. The number of unbranched alkanes of at least 4 members (excludes halogenated alkanes) is 12. The average Bonchev–Trinajstić information content (AvgIpc) is 3.23. The lowest BCUT2D eigenvalue weighted by molar-refractivity contribution is -0.870. The molecule has 1 N–H and O–H groups in total. The molecule has 0 rings (SSSR count). The van der Waals surface area contributed by atoms with Crippen molar-refractivity contribution in [2.24, 2.45) is 0 Å². The van der Waals surface area contributed by atoms with Crippen LogP contribution in [0.3, 0.4) is 0 Å². The van der Waals surface area contributed by atoms with E-state index in [9.17, 15) is 19.0 Å². The molecule has 10 heteroatoms. The largest absolute Gasteiger partial charge is 0.472 e. The Bertz CT molecular complexity index is 1370. The molecule has 0 aliphatic rings. The van der Waals surface area contributed by atoms with Gasteiger partial charge in [-0.15, -0.1) is 0 Å². The van der Waals surface area contributed by atoms with Crippen LogP contribution in [0.1, 0.15) is 168 Å². The second kappa shape index (κ2) is 43.2. The zero-order valence-corrected chi connectivity index (χ0v) is 40.7. The van der Waals surface area contributed by atoms with Crippen molar-refractivity contribution in [1.82, 2.24) is 0 Å². The molecular weight excluding hydrogens is 798 g/mol. The first-order chi connectivity index (χ1) is 30.0. The lowest BCUT2D eigenvalue weighted by atomic mass is 10.1. The van der Waals surface area contributed by atoms with Crippen molar-refractivity contribution in [3.05, 3.63) is 97.2 Å². The number of likely N-dealkylation sites (N-methyl/N-ethyl adjacent to an activating group) is 1. The Labute approximate surface area is 379 Å². The second-order valence-corrected chi connectivity index (χ2v) is 18.2. The Morgan fingerprint density at radius 2 is 0.919 bits per heavy atom. The van der Waals surface area contributed by atoms with Crippen molar-refractivity contribution in [2.45, 2.75) is 174 Å². The van der Waals surface area contributed by atoms with Gasteiger partial charge in [0.15, 0.2) is 6.10 Å². The smallest absolute Gasteiger partial charge is 0.462 e. The first-order valence-corrected chi connectivity index (χ1v) is 25.5. The molecule has 0 aliphatic heterocycles. The van der Waals surface area contributed by atoms with Gasteiger partial charge >= 0.3 is 19.8 Å². The molecule has 1 unspecified atom stereocenters. The third-order valence-electron chi connectivity index (χ3n) is 9.57. The summed E-state index contributed by atoms with van der Waals surface area (Å²) in [6.45, 7) is 4.23. The zero-order chi connectivity index (χ0) is 45.7. The minimum Gasteiger partial charge on any atom is -0.462 e. The Kier molecular flexibility index (Phi) is 41.1. The Morgan fingerprint density at radius 1 is 0.500 bits per heavy atom. The molecule has 62 heavy (non-hydrogen) atoms. The molecule has 0 aromatic carbocycles. The van der Waals surface area contributed by atoms with E-state index in [1.165, 1.54) is 57.8 Å². The third kappa shape index (κ3) is 46.4. The molecule has 0 saturated carbocycles. The predicted molar refractivity (Wildman–Crippen MR) is 261 cm³/mol. The number of ether oxygens (including phenoxy) is 2. The fraction of sp³-hybridized carbons (Fsp3) is 0.654. The monoisotopic (exact) mass is 887 g/mol. The van der Waals surface area contributed by atoms with Gasteiger partial charge in [-0.25, -0.2) is 4.57 Å². The lowest BCUT2D eigenvalue weighted by Crippen LogP contribution is -2.37. The van der Waals surface area contributed by atoms with Crippen LogP contribution in [0.25, 0.3) is 0 Å². The molecule has 0 heterocycles. The number of nitrogens with zero attached hydrogens (tertiary/aromatic N) is 1. The highest BCUT2D eigenvalue weighted by atomic mass is 31.2. The maximum atomic E-state index is 12.7. The summed E-state index contributed by atoms with van der Waals surface area (Å²) in [7, 11) is 1.41. The number of phosphoric ester groups is 1. The molecule has 354 valence electrons. The van der Waals surface area contributed by atoms with E-state index in [1.807, 2.05) is 27.2 Å². The quantitative estimate of drug-likeness (QED) is 0.0212. The van der Waals surface area contributed by atoms with E-state index in [0.717, 1.165) is 64.2 Å². The van der Waals surface area contributed by atoms with Crippen molar-refractivity contribution in [2.75, 3.05) is 47.5 Å². The van der Waals surface area contributed by atoms with Crippen LogP contribution >= 0.6 is 7.82 Å². The summed E-state index contributed by atoms with van der Waals surface area (Å²) in [6.07, 6.45) is 57.5. The van der Waals surface area contributed by atoms with Gasteiger partial charge in [-0.1, -0.05) is 162 Å². The summed E-state index contributed by atoms with van der Waals surface area (Å²) in [6, 6.07) is 0. The molecule has 0 amide bonds. The molecule has 0 aromatic rings. The molecule has 2 atom stereocenters. The maximum absolute atomic E-state index is 12.7. The van der Waals surface area contributed by atoms with E-state index < -0.39 is 32.5 Å². The van der Waals surface area contributed by atoms with E-state index >= 15 is 0 Å². The van der Waals surface area contributed by atoms with E-state index in [-0.39, 0.29) is 26.1 Å². The van der Waals surface area contributed by atoms with Gasteiger partial charge in [-0.05, 0) is 89.9 Å². The van der Waals surface area contributed by atoms with Gasteiger partial charge in [-0.2, -0.15) is 0 Å². The third-order valence-corrected chi connectivity index (χ3v) is 10.6. The first-order valence-electron chi connectivity index (χ1n) is 24.0. The Balaban J connectivity index is 4.49. The van der Waals surface area contributed by atoms with Gasteiger partial charge < -0.3 is 18.9 Å². The van der Waals surface area contributed by atoms with Crippen LogP contribution in [0, 0.1) is 0 Å². The number of carbonyl (C=O) groups excluding carboxylic acids is 2. The summed E-state index contributed by atoms with van der Waals surface area (Å²) < 4.78 is 34.3. The molecule has 0 aromatic heterocycles. The highest BCUT2D eigenvalue weighted by molar-refractivity contribution is 7.47. The number of rotatable bonds is 42. The van der Waals surface area contributed by atoms with E-state index in [4.69, 9.17) is 18.5 Å². The standard InChI is InChI=1S/C52H88NO8P/c1-6-8-10-12-14-16-18-20-22-24-25-26-27-29-31-33-35-37-39-41-43-45-52(55)61-50(49-60-62(56,57)59-47-46-53(3,4)5)48-58-51(54)44-42-40-38-36-34-32-30-28-23-21-19-17-15-13-11-9-7-2/h11,13,17,19,22-24,26-28,31-34,37,39,50H,6-10,12,14-16,18,20-21,25,29-30,35-36,38,40-49H2,1-5H3/p+1/b13-11+,19-17+,24-22+,27-26+,28-23+,33-31+,34-32+,39-37+/t50-/m1/s1. The van der Waals surface area contributed by atoms with Gasteiger partial charge in [0, 0.05) is 12.8 Å².